The molecule has 4 heteroatoms. The molecule has 254 valence electrons. The lowest BCUT2D eigenvalue weighted by atomic mass is 9.81. The summed E-state index contributed by atoms with van der Waals surface area (Å²) in [6.07, 6.45) is 4.01. The largest absolute Gasteiger partial charge is 0.455 e. The molecule has 0 amide bonds. The molecule has 0 radical (unpaired) electrons. The predicted octanol–water partition coefficient (Wildman–Crippen LogP) is 12.3. The van der Waals surface area contributed by atoms with Crippen LogP contribution in [-0.4, -0.2) is 10.9 Å². The minimum Gasteiger partial charge on any atom is -0.455 e. The van der Waals surface area contributed by atoms with Crippen LogP contribution in [0.4, 0.5) is 0 Å². The van der Waals surface area contributed by atoms with E-state index in [1.165, 1.54) is 33.0 Å². The van der Waals surface area contributed by atoms with Crippen LogP contribution in [0, 0.1) is 0 Å². The van der Waals surface area contributed by atoms with Gasteiger partial charge in [-0.25, -0.2) is 4.99 Å². The number of hydrogen-bond donors (Lipinski definition) is 1. The third-order valence-electron chi connectivity index (χ3n) is 11.1. The van der Waals surface area contributed by atoms with Crippen molar-refractivity contribution in [2.75, 3.05) is 0 Å². The highest BCUT2D eigenvalue weighted by atomic mass is 16.3. The molecule has 0 spiro atoms. The van der Waals surface area contributed by atoms with Crippen molar-refractivity contribution in [2.45, 2.75) is 25.3 Å². The first-order valence-corrected chi connectivity index (χ1v) is 18.2. The second-order valence-corrected chi connectivity index (χ2v) is 14.6. The van der Waals surface area contributed by atoms with Crippen LogP contribution in [0.2, 0.25) is 0 Å². The van der Waals surface area contributed by atoms with E-state index in [1.807, 2.05) is 54.9 Å². The molecule has 2 N–H and O–H groups in total. The molecule has 0 aliphatic heterocycles. The summed E-state index contributed by atoms with van der Waals surface area (Å²) < 4.78 is 8.69. The number of hydrogen-bond acceptors (Lipinski definition) is 3. The van der Waals surface area contributed by atoms with Crippen LogP contribution in [0.1, 0.15) is 42.1 Å². The first-order valence-electron chi connectivity index (χ1n) is 18.2. The average Bonchev–Trinajstić information content (AvgIpc) is 3.81. The monoisotopic (exact) mass is 683 g/mol. The fraction of sp³-hybridized carbons (Fsp3) is 0.0816. The fourth-order valence-electron chi connectivity index (χ4n) is 8.38. The molecule has 7 aromatic carbocycles. The molecule has 0 saturated carbocycles. The van der Waals surface area contributed by atoms with E-state index in [4.69, 9.17) is 15.1 Å². The van der Waals surface area contributed by atoms with Crippen LogP contribution in [0.25, 0.3) is 71.7 Å². The van der Waals surface area contributed by atoms with Crippen LogP contribution in [0.15, 0.2) is 173 Å². The van der Waals surface area contributed by atoms with Gasteiger partial charge in [-0.2, -0.15) is 0 Å². The summed E-state index contributed by atoms with van der Waals surface area (Å²) in [7, 11) is 0. The fourth-order valence-corrected chi connectivity index (χ4v) is 8.38. The van der Waals surface area contributed by atoms with Gasteiger partial charge in [-0.15, -0.1) is 0 Å². The summed E-state index contributed by atoms with van der Waals surface area (Å²) in [6, 6.07) is 55.2. The van der Waals surface area contributed by atoms with Gasteiger partial charge in [0.25, 0.3) is 0 Å². The number of furan rings is 1. The molecule has 9 aromatic rings. The molecule has 2 heterocycles. The van der Waals surface area contributed by atoms with E-state index in [2.05, 4.69) is 134 Å². The van der Waals surface area contributed by atoms with Gasteiger partial charge in [0.05, 0.1) is 22.8 Å². The predicted molar refractivity (Wildman–Crippen MR) is 221 cm³/mol. The van der Waals surface area contributed by atoms with Gasteiger partial charge in [0.1, 0.15) is 17.5 Å². The molecule has 2 aromatic heterocycles. The van der Waals surface area contributed by atoms with Crippen molar-refractivity contribution >= 4 is 55.8 Å². The Morgan fingerprint density at radius 1 is 0.623 bits per heavy atom. The highest BCUT2D eigenvalue weighted by Crippen LogP contribution is 2.52. The lowest BCUT2D eigenvalue weighted by molar-refractivity contribution is 0.661. The Kier molecular flexibility index (Phi) is 7.11. The summed E-state index contributed by atoms with van der Waals surface area (Å²) in [6.45, 7) is 4.70. The maximum absolute atomic E-state index is 6.73. The van der Waals surface area contributed by atoms with E-state index in [9.17, 15) is 0 Å². The zero-order valence-electron chi connectivity index (χ0n) is 29.6. The van der Waals surface area contributed by atoms with Gasteiger partial charge >= 0.3 is 0 Å². The van der Waals surface area contributed by atoms with Crippen LogP contribution in [0.3, 0.4) is 0 Å². The summed E-state index contributed by atoms with van der Waals surface area (Å²) >= 11 is 0. The Hall–Kier alpha value is -6.49. The first-order chi connectivity index (χ1) is 26.0. The van der Waals surface area contributed by atoms with E-state index < -0.39 is 0 Å². The van der Waals surface area contributed by atoms with E-state index in [0.29, 0.717) is 0 Å². The number of nitrogens with zero attached hydrogens (tertiary/aromatic N) is 2. The van der Waals surface area contributed by atoms with Crippen LogP contribution >= 0.6 is 0 Å². The molecule has 10 rings (SSSR count). The molecule has 53 heavy (non-hydrogen) atoms. The molecular formula is C49H37N3O. The first kappa shape index (κ1) is 31.3. The van der Waals surface area contributed by atoms with Crippen molar-refractivity contribution < 1.29 is 4.42 Å². The van der Waals surface area contributed by atoms with Crippen molar-refractivity contribution in [1.82, 2.24) is 4.57 Å². The minimum atomic E-state index is -0.299. The third-order valence-corrected chi connectivity index (χ3v) is 11.1. The maximum Gasteiger partial charge on any atom is 0.143 e. The second-order valence-electron chi connectivity index (χ2n) is 14.6. The lowest BCUT2D eigenvalue weighted by Crippen LogP contribution is -2.15. The second kappa shape index (κ2) is 12.0. The standard InChI is InChI=1S/C49H37N3O/c1-49(2)41-26-33(34-20-13-21-38-37-19-10-12-23-47(37)53-48(34)38)24-25-35(41)39-28-46-40(27-42(39)49)36-18-9-11-22-45(36)52(46)30-51-44(32-16-7-4-8-17-32)29-43(50)31-14-5-3-6-15-31/h3-30,43H,50H2,1-2H3/b44-29-,51-30?. The molecule has 1 aliphatic carbocycles. The number of rotatable bonds is 6. The van der Waals surface area contributed by atoms with E-state index in [-0.39, 0.29) is 11.5 Å². The number of para-hydroxylation sites is 3. The molecule has 1 atom stereocenters. The van der Waals surface area contributed by atoms with Gasteiger partial charge in [0, 0.05) is 32.5 Å². The number of nitrogens with two attached hydrogens (primary N) is 1. The topological polar surface area (TPSA) is 56.5 Å². The minimum absolute atomic E-state index is 0.204. The van der Waals surface area contributed by atoms with Crippen molar-refractivity contribution in [3.63, 3.8) is 0 Å². The summed E-state index contributed by atoms with van der Waals surface area (Å²) in [5.74, 6) is 0. The molecule has 0 fully saturated rings. The van der Waals surface area contributed by atoms with Crippen LogP contribution < -0.4 is 5.73 Å². The Labute approximate surface area is 308 Å². The van der Waals surface area contributed by atoms with E-state index >= 15 is 0 Å². The maximum atomic E-state index is 6.73. The number of benzene rings is 7. The van der Waals surface area contributed by atoms with Gasteiger partial charge in [0.15, 0.2) is 0 Å². The normalized spacial score (nSPS) is 14.4. The van der Waals surface area contributed by atoms with Crippen molar-refractivity contribution in [2.24, 2.45) is 10.7 Å². The Balaban J connectivity index is 1.12. The van der Waals surface area contributed by atoms with Crippen molar-refractivity contribution in [3.8, 4) is 22.3 Å². The number of aromatic nitrogens is 1. The quantitative estimate of drug-likeness (QED) is 0.140. The number of aliphatic imine (C=N–C) groups is 1. The van der Waals surface area contributed by atoms with E-state index in [1.54, 1.807) is 0 Å². The summed E-state index contributed by atoms with van der Waals surface area (Å²) in [4.78, 5) is 5.16. The van der Waals surface area contributed by atoms with Crippen LogP contribution in [-0.2, 0) is 5.41 Å². The van der Waals surface area contributed by atoms with Crippen molar-refractivity contribution in [1.29, 1.82) is 0 Å². The molecule has 4 nitrogen and oxygen atoms in total. The molecular weight excluding hydrogens is 647 g/mol. The van der Waals surface area contributed by atoms with Gasteiger partial charge in [-0.05, 0) is 75.4 Å². The summed E-state index contributed by atoms with van der Waals surface area (Å²) in [5.41, 5.74) is 20.9. The Bertz CT molecular complexity index is 2930. The molecule has 1 unspecified atom stereocenters. The molecule has 1 aliphatic rings. The van der Waals surface area contributed by atoms with Gasteiger partial charge in [-0.3, -0.25) is 4.57 Å². The average molecular weight is 684 g/mol. The highest BCUT2D eigenvalue weighted by molar-refractivity contribution is 6.14. The zero-order chi connectivity index (χ0) is 35.7. The molecule has 0 saturated heterocycles. The zero-order valence-corrected chi connectivity index (χ0v) is 29.6. The third kappa shape index (κ3) is 4.98. The Morgan fingerprint density at radius 3 is 2.15 bits per heavy atom. The van der Waals surface area contributed by atoms with Gasteiger partial charge in [-0.1, -0.05) is 141 Å². The number of fused-ring (bicyclic) bond motifs is 9. The SMILES string of the molecule is CC1(C)c2cc(-c3cccc4c3oc3ccccc34)ccc2-c2cc3c(cc21)c1ccccc1n3C=N/C(=C\C(N)c1ccccc1)c1ccccc1. The Morgan fingerprint density at radius 2 is 1.32 bits per heavy atom. The van der Waals surface area contributed by atoms with Crippen molar-refractivity contribution in [3.05, 3.63) is 186 Å². The van der Waals surface area contributed by atoms with Gasteiger partial charge in [0.2, 0.25) is 0 Å². The highest BCUT2D eigenvalue weighted by Gasteiger charge is 2.36. The lowest BCUT2D eigenvalue weighted by Gasteiger charge is -2.22. The van der Waals surface area contributed by atoms with E-state index in [0.717, 1.165) is 60.9 Å². The molecule has 0 bridgehead atoms. The summed E-state index contributed by atoms with van der Waals surface area (Å²) in [5, 5.41) is 4.70. The van der Waals surface area contributed by atoms with Crippen LogP contribution in [0.5, 0.6) is 0 Å². The smallest absolute Gasteiger partial charge is 0.143 e. The van der Waals surface area contributed by atoms with Gasteiger partial charge < -0.3 is 10.2 Å².